The lowest BCUT2D eigenvalue weighted by Gasteiger charge is -2.04. The van der Waals surface area contributed by atoms with Crippen molar-refractivity contribution >= 4 is 11.7 Å². The minimum Gasteiger partial charge on any atom is -0.382 e. The molecule has 1 heterocycles. The second-order valence-electron chi connectivity index (χ2n) is 2.91. The molecular formula is C9H11N5O. The third kappa shape index (κ3) is 2.91. The Balaban J connectivity index is 2.70. The second-order valence-corrected chi connectivity index (χ2v) is 2.91. The number of carbonyl (C=O) groups is 1. The normalized spacial score (nSPS) is 9.33. The molecule has 0 fully saturated rings. The Morgan fingerprint density at radius 2 is 2.47 bits per heavy atom. The molecule has 0 aromatic carbocycles. The number of nitrogens with zero attached hydrogens (tertiary/aromatic N) is 3. The minimum absolute atomic E-state index is 0.0959. The van der Waals surface area contributed by atoms with E-state index in [1.54, 1.807) is 6.92 Å². The van der Waals surface area contributed by atoms with E-state index in [1.807, 2.05) is 6.07 Å². The zero-order valence-corrected chi connectivity index (χ0v) is 8.32. The first-order valence-corrected chi connectivity index (χ1v) is 4.39. The van der Waals surface area contributed by atoms with Gasteiger partial charge in [-0.3, -0.25) is 4.79 Å². The molecule has 0 aliphatic rings. The van der Waals surface area contributed by atoms with E-state index < -0.39 is 5.91 Å². The van der Waals surface area contributed by atoms with Gasteiger partial charge in [0.25, 0.3) is 5.91 Å². The van der Waals surface area contributed by atoms with Gasteiger partial charge in [0.05, 0.1) is 18.2 Å². The summed E-state index contributed by atoms with van der Waals surface area (Å²) < 4.78 is 0. The van der Waals surface area contributed by atoms with Crippen LogP contribution < -0.4 is 11.1 Å². The minimum atomic E-state index is -0.407. The Bertz CT molecular complexity index is 409. The van der Waals surface area contributed by atoms with Crippen molar-refractivity contribution in [3.05, 3.63) is 17.6 Å². The summed E-state index contributed by atoms with van der Waals surface area (Å²) in [5.74, 6) is -0.306. The van der Waals surface area contributed by atoms with Crippen LogP contribution in [0.25, 0.3) is 0 Å². The first kappa shape index (κ1) is 10.9. The van der Waals surface area contributed by atoms with Crippen molar-refractivity contribution in [2.45, 2.75) is 13.3 Å². The third-order valence-electron chi connectivity index (χ3n) is 1.66. The average molecular weight is 205 g/mol. The molecule has 1 rings (SSSR count). The van der Waals surface area contributed by atoms with Crippen LogP contribution in [0.4, 0.5) is 5.82 Å². The van der Waals surface area contributed by atoms with Gasteiger partial charge >= 0.3 is 0 Å². The summed E-state index contributed by atoms with van der Waals surface area (Å²) in [6.45, 7) is 2.02. The quantitative estimate of drug-likeness (QED) is 0.676. The molecule has 0 unspecified atom stereocenters. The predicted octanol–water partition coefficient (Wildman–Crippen LogP) is 0.0107. The van der Waals surface area contributed by atoms with Crippen molar-refractivity contribution in [1.29, 1.82) is 5.26 Å². The average Bonchev–Trinajstić information content (AvgIpc) is 2.17. The van der Waals surface area contributed by atoms with Crippen LogP contribution in [0.3, 0.4) is 0 Å². The van der Waals surface area contributed by atoms with Crippen molar-refractivity contribution in [1.82, 2.24) is 15.3 Å². The zero-order chi connectivity index (χ0) is 11.3. The number of nitrogens with one attached hydrogen (secondary N) is 1. The van der Waals surface area contributed by atoms with Crippen LogP contribution in [0.15, 0.2) is 6.20 Å². The first-order valence-electron chi connectivity index (χ1n) is 4.39. The molecule has 0 radical (unpaired) electrons. The number of amides is 1. The smallest absolute Gasteiger partial charge is 0.273 e. The number of nitrogen functional groups attached to an aromatic ring is 1. The van der Waals surface area contributed by atoms with Crippen LogP contribution in [0.2, 0.25) is 0 Å². The van der Waals surface area contributed by atoms with Crippen molar-refractivity contribution in [3.63, 3.8) is 0 Å². The van der Waals surface area contributed by atoms with Gasteiger partial charge < -0.3 is 11.1 Å². The van der Waals surface area contributed by atoms with Gasteiger partial charge in [0, 0.05) is 12.7 Å². The number of nitrogens with two attached hydrogens (primary N) is 1. The molecule has 0 aliphatic heterocycles. The molecular weight excluding hydrogens is 194 g/mol. The lowest BCUT2D eigenvalue weighted by molar-refractivity contribution is 0.0950. The number of hydrogen-bond donors (Lipinski definition) is 2. The molecule has 0 atom stereocenters. The molecule has 0 saturated heterocycles. The summed E-state index contributed by atoms with van der Waals surface area (Å²) in [6, 6.07) is 1.92. The van der Waals surface area contributed by atoms with E-state index in [0.29, 0.717) is 5.69 Å². The Morgan fingerprint density at radius 3 is 3.07 bits per heavy atom. The second kappa shape index (κ2) is 4.91. The van der Waals surface area contributed by atoms with Crippen LogP contribution >= 0.6 is 0 Å². The van der Waals surface area contributed by atoms with E-state index in [-0.39, 0.29) is 24.5 Å². The summed E-state index contributed by atoms with van der Waals surface area (Å²) in [4.78, 5) is 19.2. The largest absolute Gasteiger partial charge is 0.382 e. The fraction of sp³-hybridized carbons (Fsp3) is 0.333. The topological polar surface area (TPSA) is 105 Å². The maximum Gasteiger partial charge on any atom is 0.273 e. The number of aromatic nitrogens is 2. The molecule has 6 heteroatoms. The van der Waals surface area contributed by atoms with Gasteiger partial charge in [0.2, 0.25) is 0 Å². The summed E-state index contributed by atoms with van der Waals surface area (Å²) in [7, 11) is 0. The molecule has 1 aromatic rings. The number of nitriles is 1. The molecule has 0 saturated carbocycles. The highest BCUT2D eigenvalue weighted by Crippen LogP contribution is 2.04. The van der Waals surface area contributed by atoms with Crippen molar-refractivity contribution in [3.8, 4) is 6.07 Å². The fourth-order valence-electron chi connectivity index (χ4n) is 0.987. The molecule has 0 bridgehead atoms. The predicted molar refractivity (Wildman–Crippen MR) is 53.7 cm³/mol. The van der Waals surface area contributed by atoms with Crippen molar-refractivity contribution in [2.24, 2.45) is 0 Å². The van der Waals surface area contributed by atoms with Gasteiger partial charge in [-0.2, -0.15) is 5.26 Å². The highest BCUT2D eigenvalue weighted by molar-refractivity contribution is 5.96. The number of rotatable bonds is 3. The van der Waals surface area contributed by atoms with Crippen LogP contribution in [0.5, 0.6) is 0 Å². The van der Waals surface area contributed by atoms with Crippen molar-refractivity contribution in [2.75, 3.05) is 12.3 Å². The standard InChI is InChI=1S/C9H11N5O/c1-6-5-13-7(8(11)14-6)9(15)12-4-2-3-10/h5H,2,4H2,1H3,(H2,11,14)(H,12,15). The van der Waals surface area contributed by atoms with Gasteiger partial charge in [-0.25, -0.2) is 9.97 Å². The Kier molecular flexibility index (Phi) is 3.57. The Labute approximate surface area is 87.1 Å². The van der Waals surface area contributed by atoms with Crippen LogP contribution in [0.1, 0.15) is 22.6 Å². The fourth-order valence-corrected chi connectivity index (χ4v) is 0.987. The van der Waals surface area contributed by atoms with Gasteiger partial charge in [0.1, 0.15) is 0 Å². The molecule has 3 N–H and O–H groups in total. The maximum atomic E-state index is 11.4. The first-order chi connectivity index (χ1) is 7.15. The zero-order valence-electron chi connectivity index (χ0n) is 8.32. The molecule has 0 aliphatic carbocycles. The SMILES string of the molecule is Cc1cnc(C(=O)NCCC#N)c(N)n1. The van der Waals surface area contributed by atoms with Crippen LogP contribution in [-0.2, 0) is 0 Å². The van der Waals surface area contributed by atoms with Gasteiger partial charge in [-0.05, 0) is 6.92 Å². The Hall–Kier alpha value is -2.16. The summed E-state index contributed by atoms with van der Waals surface area (Å²) >= 11 is 0. The lowest BCUT2D eigenvalue weighted by Crippen LogP contribution is -2.26. The molecule has 1 amide bonds. The Morgan fingerprint density at radius 1 is 1.73 bits per heavy atom. The highest BCUT2D eigenvalue weighted by Gasteiger charge is 2.11. The molecule has 1 aromatic heterocycles. The monoisotopic (exact) mass is 205 g/mol. The van der Waals surface area contributed by atoms with Gasteiger partial charge in [-0.15, -0.1) is 0 Å². The number of anilines is 1. The van der Waals surface area contributed by atoms with E-state index in [4.69, 9.17) is 11.0 Å². The van der Waals surface area contributed by atoms with E-state index in [2.05, 4.69) is 15.3 Å². The summed E-state index contributed by atoms with van der Waals surface area (Å²) in [6.07, 6.45) is 1.72. The van der Waals surface area contributed by atoms with E-state index >= 15 is 0 Å². The third-order valence-corrected chi connectivity index (χ3v) is 1.66. The maximum absolute atomic E-state index is 11.4. The van der Waals surface area contributed by atoms with E-state index in [0.717, 1.165) is 0 Å². The summed E-state index contributed by atoms with van der Waals surface area (Å²) in [5, 5.41) is 10.8. The van der Waals surface area contributed by atoms with Crippen LogP contribution in [-0.4, -0.2) is 22.4 Å². The lowest BCUT2D eigenvalue weighted by atomic mass is 10.3. The number of hydrogen-bond acceptors (Lipinski definition) is 5. The van der Waals surface area contributed by atoms with Gasteiger partial charge in [-0.1, -0.05) is 0 Å². The molecule has 78 valence electrons. The van der Waals surface area contributed by atoms with E-state index in [1.165, 1.54) is 6.20 Å². The van der Waals surface area contributed by atoms with E-state index in [9.17, 15) is 4.79 Å². The molecule has 0 spiro atoms. The van der Waals surface area contributed by atoms with Crippen molar-refractivity contribution < 1.29 is 4.79 Å². The molecule has 6 nitrogen and oxygen atoms in total. The molecule has 15 heavy (non-hydrogen) atoms. The summed E-state index contributed by atoms with van der Waals surface area (Å²) in [5.41, 5.74) is 6.28. The highest BCUT2D eigenvalue weighted by atomic mass is 16.1. The number of aryl methyl sites for hydroxylation is 1. The van der Waals surface area contributed by atoms with Gasteiger partial charge in [0.15, 0.2) is 11.5 Å². The van der Waals surface area contributed by atoms with Crippen LogP contribution in [0, 0.1) is 18.3 Å². The number of carbonyl (C=O) groups excluding carboxylic acids is 1.